The molecule has 1 aromatic rings. The first-order chi connectivity index (χ1) is 8.93. The van der Waals surface area contributed by atoms with Crippen LogP contribution in [-0.2, 0) is 14.8 Å². The molecular weight excluding hydrogens is 332 g/mol. The number of nitrogens with zero attached hydrogens (tertiary/aromatic N) is 1. The molecule has 1 fully saturated rings. The van der Waals surface area contributed by atoms with Crippen molar-refractivity contribution in [1.82, 2.24) is 0 Å². The lowest BCUT2D eigenvalue weighted by atomic mass is 10.2. The van der Waals surface area contributed by atoms with Crippen molar-refractivity contribution in [1.29, 1.82) is 0 Å². The first kappa shape index (κ1) is 14.6. The average Bonchev–Trinajstić information content (AvgIpc) is 2.39. The highest BCUT2D eigenvalue weighted by Gasteiger charge is 2.32. The minimum Gasteiger partial charge on any atom is -0.397 e. The molecule has 0 unspecified atom stereocenters. The van der Waals surface area contributed by atoms with Crippen molar-refractivity contribution in [2.75, 3.05) is 30.3 Å². The normalized spacial score (nSPS) is 17.4. The van der Waals surface area contributed by atoms with E-state index in [0.717, 1.165) is 4.47 Å². The van der Waals surface area contributed by atoms with E-state index in [2.05, 4.69) is 15.9 Å². The Morgan fingerprint density at radius 3 is 2.58 bits per heavy atom. The van der Waals surface area contributed by atoms with E-state index in [1.165, 1.54) is 4.31 Å². The third-order valence-corrected chi connectivity index (χ3v) is 6.07. The molecule has 1 aromatic carbocycles. The van der Waals surface area contributed by atoms with E-state index in [1.807, 2.05) is 0 Å². The predicted octanol–water partition coefficient (Wildman–Crippen LogP) is 1.98. The number of hydrogen-bond acceptors (Lipinski definition) is 4. The van der Waals surface area contributed by atoms with E-state index in [9.17, 15) is 8.42 Å². The number of hydrogen-bond donors (Lipinski definition) is 1. The maximum absolute atomic E-state index is 12.5. The lowest BCUT2D eigenvalue weighted by Crippen LogP contribution is -2.39. The van der Waals surface area contributed by atoms with Crippen LogP contribution in [0.15, 0.2) is 22.7 Å². The van der Waals surface area contributed by atoms with E-state index < -0.39 is 15.3 Å². The van der Waals surface area contributed by atoms with Crippen LogP contribution < -0.4 is 10.0 Å². The summed E-state index contributed by atoms with van der Waals surface area (Å²) in [6.07, 6.45) is 1.06. The molecule has 0 spiro atoms. The number of nitrogen functional groups attached to an aromatic ring is 1. The third-order valence-electron chi connectivity index (χ3n) is 3.30. The molecule has 7 heteroatoms. The molecule has 1 saturated heterocycles. The Morgan fingerprint density at radius 2 is 2.00 bits per heavy atom. The minimum absolute atomic E-state index is 0.394. The fraction of sp³-hybridized carbons (Fsp3) is 0.500. The molecule has 19 heavy (non-hydrogen) atoms. The molecule has 106 valence electrons. The van der Waals surface area contributed by atoms with Crippen molar-refractivity contribution < 1.29 is 13.2 Å². The van der Waals surface area contributed by atoms with Crippen molar-refractivity contribution in [2.45, 2.75) is 18.1 Å². The van der Waals surface area contributed by atoms with Gasteiger partial charge in [0.2, 0.25) is 10.0 Å². The summed E-state index contributed by atoms with van der Waals surface area (Å²) in [4.78, 5) is 0. The lowest BCUT2D eigenvalue weighted by molar-refractivity contribution is 0.0983. The Labute approximate surface area is 121 Å². The largest absolute Gasteiger partial charge is 0.397 e. The summed E-state index contributed by atoms with van der Waals surface area (Å²) in [7, 11) is -1.85. The van der Waals surface area contributed by atoms with Crippen molar-refractivity contribution in [3.8, 4) is 0 Å². The van der Waals surface area contributed by atoms with Gasteiger partial charge in [0, 0.05) is 24.7 Å². The van der Waals surface area contributed by atoms with Crippen LogP contribution in [-0.4, -0.2) is 33.9 Å². The van der Waals surface area contributed by atoms with Gasteiger partial charge in [0.15, 0.2) is 0 Å². The van der Waals surface area contributed by atoms with Crippen LogP contribution in [0.5, 0.6) is 0 Å². The Hall–Kier alpha value is -0.790. The van der Waals surface area contributed by atoms with Gasteiger partial charge in [-0.2, -0.15) is 0 Å². The van der Waals surface area contributed by atoms with Crippen molar-refractivity contribution >= 4 is 37.3 Å². The Kier molecular flexibility index (Phi) is 4.37. The maximum Gasteiger partial charge on any atom is 0.238 e. The van der Waals surface area contributed by atoms with Crippen LogP contribution in [0.3, 0.4) is 0 Å². The first-order valence-corrected chi connectivity index (χ1v) is 8.33. The maximum atomic E-state index is 12.5. The monoisotopic (exact) mass is 348 g/mol. The number of halogens is 1. The molecule has 0 bridgehead atoms. The van der Waals surface area contributed by atoms with Crippen LogP contribution in [0.4, 0.5) is 11.4 Å². The minimum atomic E-state index is -3.39. The van der Waals surface area contributed by atoms with Crippen LogP contribution >= 0.6 is 15.9 Å². The zero-order valence-corrected chi connectivity index (χ0v) is 13.1. The van der Waals surface area contributed by atoms with Gasteiger partial charge in [-0.1, -0.05) is 15.9 Å². The van der Waals surface area contributed by atoms with Crippen molar-refractivity contribution in [3.05, 3.63) is 22.7 Å². The first-order valence-electron chi connectivity index (χ1n) is 6.03. The second-order valence-electron chi connectivity index (χ2n) is 4.53. The van der Waals surface area contributed by atoms with Gasteiger partial charge in [-0.15, -0.1) is 0 Å². The van der Waals surface area contributed by atoms with Crippen molar-refractivity contribution in [3.63, 3.8) is 0 Å². The zero-order chi connectivity index (χ0) is 14.0. The highest BCUT2D eigenvalue weighted by Crippen LogP contribution is 2.30. The molecule has 2 rings (SSSR count). The Balaban J connectivity index is 2.29. The highest BCUT2D eigenvalue weighted by molar-refractivity contribution is 9.10. The standard InChI is InChI=1S/C12H17BrN2O3S/c1-15(12-3-2-9(13)8-11(12)14)19(16,17)10-4-6-18-7-5-10/h2-3,8,10H,4-7,14H2,1H3. The second-order valence-corrected chi connectivity index (χ2v) is 7.69. The number of benzene rings is 1. The van der Waals surface area contributed by atoms with Gasteiger partial charge in [0.1, 0.15) is 0 Å². The van der Waals surface area contributed by atoms with Gasteiger partial charge in [-0.05, 0) is 31.0 Å². The van der Waals surface area contributed by atoms with Gasteiger partial charge in [-0.3, -0.25) is 4.31 Å². The summed E-state index contributed by atoms with van der Waals surface area (Å²) in [5, 5.41) is -0.394. The molecule has 0 saturated carbocycles. The Bertz CT molecular complexity index is 556. The fourth-order valence-electron chi connectivity index (χ4n) is 2.15. The predicted molar refractivity (Wildman–Crippen MR) is 79.7 cm³/mol. The molecule has 0 aliphatic carbocycles. The molecule has 2 N–H and O–H groups in total. The molecule has 0 aromatic heterocycles. The molecule has 1 aliphatic rings. The van der Waals surface area contributed by atoms with E-state index in [1.54, 1.807) is 25.2 Å². The zero-order valence-electron chi connectivity index (χ0n) is 10.7. The van der Waals surface area contributed by atoms with Crippen LogP contribution in [0, 0.1) is 0 Å². The average molecular weight is 349 g/mol. The molecule has 1 heterocycles. The van der Waals surface area contributed by atoms with Gasteiger partial charge >= 0.3 is 0 Å². The van der Waals surface area contributed by atoms with Crippen LogP contribution in [0.1, 0.15) is 12.8 Å². The number of anilines is 2. The SMILES string of the molecule is CN(c1ccc(Br)cc1N)S(=O)(=O)C1CCOCC1. The van der Waals surface area contributed by atoms with E-state index in [-0.39, 0.29) is 0 Å². The lowest BCUT2D eigenvalue weighted by Gasteiger charge is -2.29. The summed E-state index contributed by atoms with van der Waals surface area (Å²) in [6, 6.07) is 5.18. The van der Waals surface area contributed by atoms with Crippen molar-refractivity contribution in [2.24, 2.45) is 0 Å². The smallest absolute Gasteiger partial charge is 0.238 e. The summed E-state index contributed by atoms with van der Waals surface area (Å²) >= 11 is 3.31. The fourth-order valence-corrected chi connectivity index (χ4v) is 4.20. The number of sulfonamides is 1. The molecule has 0 amide bonds. The summed E-state index contributed by atoms with van der Waals surface area (Å²) in [5.41, 5.74) is 6.83. The van der Waals surface area contributed by atoms with Gasteiger partial charge in [-0.25, -0.2) is 8.42 Å². The molecule has 0 radical (unpaired) electrons. The van der Waals surface area contributed by atoms with E-state index in [4.69, 9.17) is 10.5 Å². The summed E-state index contributed by atoms with van der Waals surface area (Å²) < 4.78 is 32.4. The molecule has 0 atom stereocenters. The third kappa shape index (κ3) is 3.04. The highest BCUT2D eigenvalue weighted by atomic mass is 79.9. The second kappa shape index (κ2) is 5.68. The topological polar surface area (TPSA) is 72.6 Å². The number of nitrogens with two attached hydrogens (primary N) is 1. The van der Waals surface area contributed by atoms with E-state index >= 15 is 0 Å². The van der Waals surface area contributed by atoms with Crippen LogP contribution in [0.2, 0.25) is 0 Å². The summed E-state index contributed by atoms with van der Waals surface area (Å²) in [5.74, 6) is 0. The summed E-state index contributed by atoms with van der Waals surface area (Å²) in [6.45, 7) is 0.987. The van der Waals surface area contributed by atoms with E-state index in [0.29, 0.717) is 37.4 Å². The number of ether oxygens (including phenoxy) is 1. The number of rotatable bonds is 3. The van der Waals surface area contributed by atoms with Gasteiger partial charge < -0.3 is 10.5 Å². The molecule has 1 aliphatic heterocycles. The molecule has 5 nitrogen and oxygen atoms in total. The quantitative estimate of drug-likeness (QED) is 0.847. The van der Waals surface area contributed by atoms with Gasteiger partial charge in [0.25, 0.3) is 0 Å². The van der Waals surface area contributed by atoms with Crippen LogP contribution in [0.25, 0.3) is 0 Å². The Morgan fingerprint density at radius 1 is 1.37 bits per heavy atom. The van der Waals surface area contributed by atoms with Gasteiger partial charge in [0.05, 0.1) is 16.6 Å². The molecular formula is C12H17BrN2O3S.